The first-order valence-electron chi connectivity index (χ1n) is 8.20. The molecule has 3 aromatic rings. The van der Waals surface area contributed by atoms with Crippen LogP contribution in [0.25, 0.3) is 22.3 Å². The second-order valence-electron chi connectivity index (χ2n) is 6.30. The van der Waals surface area contributed by atoms with Crippen LogP contribution in [0.1, 0.15) is 26.3 Å². The van der Waals surface area contributed by atoms with Crippen molar-refractivity contribution in [3.05, 3.63) is 31.0 Å². The van der Waals surface area contributed by atoms with E-state index in [0.717, 1.165) is 47.6 Å². The van der Waals surface area contributed by atoms with E-state index in [2.05, 4.69) is 40.3 Å². The Labute approximate surface area is 140 Å². The van der Waals surface area contributed by atoms with Crippen LogP contribution in [-0.2, 0) is 4.74 Å². The minimum absolute atomic E-state index is 0.260. The SMILES string of the molecule is CC(C)n1ncc2nc(-c3cncnc3)cc(N[C@@H]3CCOC3)c21. The summed E-state index contributed by atoms with van der Waals surface area (Å²) in [5.41, 5.74) is 4.65. The maximum absolute atomic E-state index is 5.49. The molecule has 0 unspecified atom stereocenters. The highest BCUT2D eigenvalue weighted by atomic mass is 16.5. The van der Waals surface area contributed by atoms with Gasteiger partial charge in [0.2, 0.25) is 0 Å². The zero-order chi connectivity index (χ0) is 16.5. The van der Waals surface area contributed by atoms with Crippen molar-refractivity contribution < 1.29 is 4.74 Å². The van der Waals surface area contributed by atoms with Crippen molar-refractivity contribution in [1.82, 2.24) is 24.7 Å². The van der Waals surface area contributed by atoms with Crippen molar-refractivity contribution in [3.63, 3.8) is 0 Å². The van der Waals surface area contributed by atoms with Gasteiger partial charge in [0.1, 0.15) is 17.4 Å². The highest BCUT2D eigenvalue weighted by molar-refractivity contribution is 5.91. The molecule has 0 spiro atoms. The number of ether oxygens (including phenoxy) is 1. The molecule has 0 aliphatic carbocycles. The summed E-state index contributed by atoms with van der Waals surface area (Å²) >= 11 is 0. The lowest BCUT2D eigenvalue weighted by Crippen LogP contribution is -2.20. The van der Waals surface area contributed by atoms with E-state index in [4.69, 9.17) is 9.72 Å². The summed E-state index contributed by atoms with van der Waals surface area (Å²) in [5, 5.41) is 8.13. The fraction of sp³-hybridized carbons (Fsp3) is 0.412. The minimum Gasteiger partial charge on any atom is -0.379 e. The third-order valence-corrected chi connectivity index (χ3v) is 4.19. The zero-order valence-corrected chi connectivity index (χ0v) is 13.8. The molecule has 0 saturated carbocycles. The summed E-state index contributed by atoms with van der Waals surface area (Å²) in [5.74, 6) is 0. The summed E-state index contributed by atoms with van der Waals surface area (Å²) in [4.78, 5) is 12.9. The van der Waals surface area contributed by atoms with Crippen LogP contribution in [0, 0.1) is 0 Å². The molecular weight excluding hydrogens is 304 g/mol. The van der Waals surface area contributed by atoms with Crippen LogP contribution in [0.15, 0.2) is 31.0 Å². The van der Waals surface area contributed by atoms with Crippen molar-refractivity contribution in [2.45, 2.75) is 32.4 Å². The molecule has 0 radical (unpaired) electrons. The number of nitrogens with zero attached hydrogens (tertiary/aromatic N) is 5. The Morgan fingerprint density at radius 1 is 1.25 bits per heavy atom. The van der Waals surface area contributed by atoms with E-state index in [-0.39, 0.29) is 6.04 Å². The van der Waals surface area contributed by atoms with Gasteiger partial charge in [-0.3, -0.25) is 4.68 Å². The molecule has 1 aliphatic heterocycles. The van der Waals surface area contributed by atoms with Gasteiger partial charge in [0.15, 0.2) is 0 Å². The molecule has 1 N–H and O–H groups in total. The Balaban J connectivity index is 1.85. The maximum atomic E-state index is 5.49. The lowest BCUT2D eigenvalue weighted by molar-refractivity contribution is 0.195. The normalized spacial score (nSPS) is 17.7. The van der Waals surface area contributed by atoms with Crippen LogP contribution in [0.4, 0.5) is 5.69 Å². The summed E-state index contributed by atoms with van der Waals surface area (Å²) < 4.78 is 7.50. The molecule has 4 heterocycles. The highest BCUT2D eigenvalue weighted by Crippen LogP contribution is 2.30. The van der Waals surface area contributed by atoms with Gasteiger partial charge in [0.25, 0.3) is 0 Å². The molecule has 0 amide bonds. The Morgan fingerprint density at radius 3 is 2.79 bits per heavy atom. The van der Waals surface area contributed by atoms with Crippen LogP contribution >= 0.6 is 0 Å². The van der Waals surface area contributed by atoms with Crippen LogP contribution < -0.4 is 5.32 Å². The number of fused-ring (bicyclic) bond motifs is 1. The number of pyridine rings is 1. The topological polar surface area (TPSA) is 77.8 Å². The van der Waals surface area contributed by atoms with Crippen LogP contribution in [0.2, 0.25) is 0 Å². The number of rotatable bonds is 4. The van der Waals surface area contributed by atoms with Gasteiger partial charge in [-0.15, -0.1) is 0 Å². The Hall–Kier alpha value is -2.54. The number of hydrogen-bond acceptors (Lipinski definition) is 6. The predicted octanol–water partition coefficient (Wildman–Crippen LogP) is 2.67. The van der Waals surface area contributed by atoms with Gasteiger partial charge >= 0.3 is 0 Å². The summed E-state index contributed by atoms with van der Waals surface area (Å²) in [6.07, 6.45) is 7.89. The lowest BCUT2D eigenvalue weighted by atomic mass is 10.1. The van der Waals surface area contributed by atoms with Crippen molar-refractivity contribution >= 4 is 16.7 Å². The third kappa shape index (κ3) is 2.71. The maximum Gasteiger partial charge on any atom is 0.115 e. The average Bonchev–Trinajstić information content (AvgIpc) is 3.25. The molecule has 124 valence electrons. The second kappa shape index (κ2) is 6.16. The average molecular weight is 324 g/mol. The van der Waals surface area contributed by atoms with Crippen molar-refractivity contribution in [2.75, 3.05) is 18.5 Å². The van der Waals surface area contributed by atoms with Crippen molar-refractivity contribution in [2.24, 2.45) is 0 Å². The molecule has 1 saturated heterocycles. The predicted molar refractivity (Wildman–Crippen MR) is 91.8 cm³/mol. The largest absolute Gasteiger partial charge is 0.379 e. The van der Waals surface area contributed by atoms with Crippen LogP contribution in [0.3, 0.4) is 0 Å². The lowest BCUT2D eigenvalue weighted by Gasteiger charge is -2.17. The Morgan fingerprint density at radius 2 is 2.08 bits per heavy atom. The molecular formula is C17H20N6O. The van der Waals surface area contributed by atoms with E-state index in [9.17, 15) is 0 Å². The molecule has 3 aromatic heterocycles. The molecule has 1 atom stereocenters. The summed E-state index contributed by atoms with van der Waals surface area (Å²) in [6.45, 7) is 5.76. The Bertz CT molecular complexity index is 839. The van der Waals surface area contributed by atoms with Gasteiger partial charge < -0.3 is 10.1 Å². The van der Waals surface area contributed by atoms with Gasteiger partial charge in [-0.05, 0) is 26.3 Å². The monoisotopic (exact) mass is 324 g/mol. The van der Waals surface area contributed by atoms with Gasteiger partial charge in [-0.25, -0.2) is 15.0 Å². The molecule has 1 fully saturated rings. The Kier molecular flexibility index (Phi) is 3.86. The van der Waals surface area contributed by atoms with E-state index < -0.39 is 0 Å². The zero-order valence-electron chi connectivity index (χ0n) is 13.8. The van der Waals surface area contributed by atoms with Gasteiger partial charge in [-0.1, -0.05) is 0 Å². The molecule has 7 heteroatoms. The van der Waals surface area contributed by atoms with Crippen molar-refractivity contribution in [1.29, 1.82) is 0 Å². The molecule has 7 nitrogen and oxygen atoms in total. The minimum atomic E-state index is 0.260. The standard InChI is InChI=1S/C17H20N6O/c1-11(2)23-17-15(21-13-3-4-24-9-13)5-14(22-16(17)8-20-23)12-6-18-10-19-7-12/h5-8,10-11,13H,3-4,9H2,1-2H3,(H,21,22)/t13-/m1/s1. The van der Waals surface area contributed by atoms with E-state index in [1.807, 2.05) is 10.9 Å². The van der Waals surface area contributed by atoms with E-state index >= 15 is 0 Å². The van der Waals surface area contributed by atoms with Crippen LogP contribution in [0.5, 0.6) is 0 Å². The van der Waals surface area contributed by atoms with Crippen LogP contribution in [-0.4, -0.2) is 44.0 Å². The van der Waals surface area contributed by atoms with E-state index in [1.165, 1.54) is 6.33 Å². The van der Waals surface area contributed by atoms with Crippen molar-refractivity contribution in [3.8, 4) is 11.3 Å². The number of anilines is 1. The fourth-order valence-corrected chi connectivity index (χ4v) is 3.01. The fourth-order valence-electron chi connectivity index (χ4n) is 3.01. The summed E-state index contributed by atoms with van der Waals surface area (Å²) in [7, 11) is 0. The first-order chi connectivity index (χ1) is 11.7. The number of aromatic nitrogens is 5. The summed E-state index contributed by atoms with van der Waals surface area (Å²) in [6, 6.07) is 2.63. The van der Waals surface area contributed by atoms with E-state index in [1.54, 1.807) is 12.4 Å². The second-order valence-corrected chi connectivity index (χ2v) is 6.30. The smallest absolute Gasteiger partial charge is 0.115 e. The molecule has 1 aliphatic rings. The number of nitrogens with one attached hydrogen (secondary N) is 1. The first-order valence-corrected chi connectivity index (χ1v) is 8.20. The van der Waals surface area contributed by atoms with Gasteiger partial charge in [-0.2, -0.15) is 5.10 Å². The molecule has 4 rings (SSSR count). The quantitative estimate of drug-likeness (QED) is 0.795. The molecule has 24 heavy (non-hydrogen) atoms. The number of hydrogen-bond donors (Lipinski definition) is 1. The highest BCUT2D eigenvalue weighted by Gasteiger charge is 2.20. The first kappa shape index (κ1) is 15.0. The van der Waals surface area contributed by atoms with Gasteiger partial charge in [0, 0.05) is 30.6 Å². The third-order valence-electron chi connectivity index (χ3n) is 4.19. The molecule has 0 aromatic carbocycles. The van der Waals surface area contributed by atoms with Gasteiger partial charge in [0.05, 0.1) is 30.2 Å². The molecule has 0 bridgehead atoms. The van der Waals surface area contributed by atoms with E-state index in [0.29, 0.717) is 6.04 Å².